The van der Waals surface area contributed by atoms with Gasteiger partial charge < -0.3 is 9.90 Å². The number of aromatic carboxylic acids is 1. The molecule has 9 heteroatoms. The van der Waals surface area contributed by atoms with Crippen molar-refractivity contribution in [1.29, 1.82) is 0 Å². The first kappa shape index (κ1) is 19.1. The summed E-state index contributed by atoms with van der Waals surface area (Å²) in [6.07, 6.45) is -3.22. The van der Waals surface area contributed by atoms with Crippen molar-refractivity contribution in [2.75, 3.05) is 4.90 Å². The summed E-state index contributed by atoms with van der Waals surface area (Å²) in [5.74, 6) is -2.03. The van der Waals surface area contributed by atoms with Gasteiger partial charge in [0.1, 0.15) is 0 Å². The summed E-state index contributed by atoms with van der Waals surface area (Å²) in [6, 6.07) is 10.2. The minimum atomic E-state index is -4.56. The van der Waals surface area contributed by atoms with Crippen LogP contribution in [0.5, 0.6) is 0 Å². The number of amides is 1. The highest BCUT2D eigenvalue weighted by Gasteiger charge is 2.36. The summed E-state index contributed by atoms with van der Waals surface area (Å²) in [6.45, 7) is 0. The number of rotatable bonds is 3. The largest absolute Gasteiger partial charge is 0.545 e. The van der Waals surface area contributed by atoms with Gasteiger partial charge in [-0.2, -0.15) is 13.2 Å². The van der Waals surface area contributed by atoms with Crippen molar-refractivity contribution in [2.45, 2.75) is 6.18 Å². The molecule has 0 saturated carbocycles. The first-order chi connectivity index (χ1) is 12.7. The second kappa shape index (κ2) is 7.16. The first-order valence-corrected chi connectivity index (χ1v) is 8.66. The lowest BCUT2D eigenvalue weighted by molar-refractivity contribution is -0.255. The molecule has 1 aliphatic rings. The SMILES string of the molecule is O=C([O-])c1ccccc1/C=C1\SC(=S)N(c2cccc(C(F)(F)F)c2)C1=O. The van der Waals surface area contributed by atoms with E-state index < -0.39 is 23.6 Å². The zero-order chi connectivity index (χ0) is 19.8. The summed E-state index contributed by atoms with van der Waals surface area (Å²) in [5, 5.41) is 11.2. The average molecular weight is 408 g/mol. The van der Waals surface area contributed by atoms with Crippen LogP contribution >= 0.6 is 24.0 Å². The fourth-order valence-electron chi connectivity index (χ4n) is 2.46. The molecule has 0 unspecified atom stereocenters. The van der Waals surface area contributed by atoms with Crippen LogP contribution in [0.25, 0.3) is 6.08 Å². The van der Waals surface area contributed by atoms with E-state index in [-0.39, 0.29) is 26.0 Å². The maximum atomic E-state index is 12.9. The molecule has 138 valence electrons. The summed E-state index contributed by atoms with van der Waals surface area (Å²) in [4.78, 5) is 24.9. The van der Waals surface area contributed by atoms with Crippen molar-refractivity contribution in [3.05, 3.63) is 70.1 Å². The number of hydrogen-bond donors (Lipinski definition) is 0. The Morgan fingerprint density at radius 3 is 2.52 bits per heavy atom. The molecule has 2 aromatic carbocycles. The maximum Gasteiger partial charge on any atom is 0.416 e. The quantitative estimate of drug-likeness (QED) is 0.575. The van der Waals surface area contributed by atoms with Crippen molar-refractivity contribution >= 4 is 51.9 Å². The zero-order valence-corrected chi connectivity index (χ0v) is 15.0. The molecule has 0 radical (unpaired) electrons. The number of hydrogen-bond acceptors (Lipinski definition) is 5. The Morgan fingerprint density at radius 1 is 1.15 bits per heavy atom. The van der Waals surface area contributed by atoms with E-state index in [0.717, 1.165) is 28.8 Å². The second-order valence-corrected chi connectivity index (χ2v) is 7.12. The predicted molar refractivity (Wildman–Crippen MR) is 97.9 cm³/mol. The minimum Gasteiger partial charge on any atom is -0.545 e. The van der Waals surface area contributed by atoms with Crippen LogP contribution in [0.3, 0.4) is 0 Å². The summed E-state index contributed by atoms with van der Waals surface area (Å²) in [5.41, 5.74) is -0.784. The summed E-state index contributed by atoms with van der Waals surface area (Å²) >= 11 is 6.01. The standard InChI is InChI=1S/C18H10F3NO3S2/c19-18(20,21)11-5-3-6-12(9-11)22-15(23)14(27-17(22)26)8-10-4-1-2-7-13(10)16(24)25/h1-9H,(H,24,25)/p-1/b14-8-. The van der Waals surface area contributed by atoms with Gasteiger partial charge in [-0.1, -0.05) is 54.3 Å². The number of alkyl halides is 3. The zero-order valence-electron chi connectivity index (χ0n) is 13.3. The number of anilines is 1. The molecule has 3 rings (SSSR count). The van der Waals surface area contributed by atoms with E-state index >= 15 is 0 Å². The molecule has 4 nitrogen and oxygen atoms in total. The number of nitrogens with zero attached hydrogens (tertiary/aromatic N) is 1. The van der Waals surface area contributed by atoms with E-state index in [4.69, 9.17) is 12.2 Å². The van der Waals surface area contributed by atoms with Crippen LogP contribution in [0, 0.1) is 0 Å². The Balaban J connectivity index is 1.98. The van der Waals surface area contributed by atoms with E-state index in [1.165, 1.54) is 36.4 Å². The lowest BCUT2D eigenvalue weighted by Crippen LogP contribution is -2.27. The van der Waals surface area contributed by atoms with E-state index in [0.29, 0.717) is 0 Å². The fraction of sp³-hybridized carbons (Fsp3) is 0.0556. The Kier molecular flexibility index (Phi) is 5.07. The fourth-order valence-corrected chi connectivity index (χ4v) is 3.75. The molecule has 0 spiro atoms. The van der Waals surface area contributed by atoms with Crippen LogP contribution in [-0.4, -0.2) is 16.2 Å². The molecule has 1 aliphatic heterocycles. The van der Waals surface area contributed by atoms with E-state index in [9.17, 15) is 27.9 Å². The summed E-state index contributed by atoms with van der Waals surface area (Å²) < 4.78 is 38.8. The number of carboxylic acids is 1. The molecule has 0 atom stereocenters. The van der Waals surface area contributed by atoms with Gasteiger partial charge in [0.15, 0.2) is 4.32 Å². The van der Waals surface area contributed by atoms with Crippen LogP contribution in [-0.2, 0) is 11.0 Å². The molecule has 2 aromatic rings. The molecule has 1 heterocycles. The molecular weight excluding hydrogens is 399 g/mol. The normalized spacial score (nSPS) is 16.3. The number of carbonyl (C=O) groups excluding carboxylic acids is 2. The number of thiocarbonyl (C=S) groups is 1. The van der Waals surface area contributed by atoms with Crippen molar-refractivity contribution < 1.29 is 27.9 Å². The van der Waals surface area contributed by atoms with Crippen LogP contribution in [0.15, 0.2) is 53.4 Å². The molecule has 0 N–H and O–H groups in total. The van der Waals surface area contributed by atoms with E-state index in [1.807, 2.05) is 0 Å². The highest BCUT2D eigenvalue weighted by atomic mass is 32.2. The predicted octanol–water partition coefficient (Wildman–Crippen LogP) is 3.47. The third-order valence-electron chi connectivity index (χ3n) is 3.69. The van der Waals surface area contributed by atoms with E-state index in [2.05, 4.69) is 0 Å². The minimum absolute atomic E-state index is 0.0103. The molecular formula is C18H9F3NO3S2-. The lowest BCUT2D eigenvalue weighted by Gasteiger charge is -2.16. The van der Waals surface area contributed by atoms with Gasteiger partial charge in [-0.15, -0.1) is 0 Å². The highest BCUT2D eigenvalue weighted by Crippen LogP contribution is 2.38. The van der Waals surface area contributed by atoms with Gasteiger partial charge in [-0.05, 0) is 29.8 Å². The first-order valence-electron chi connectivity index (χ1n) is 7.44. The second-order valence-electron chi connectivity index (χ2n) is 5.44. The Hall–Kier alpha value is -2.65. The molecule has 27 heavy (non-hydrogen) atoms. The number of benzene rings is 2. The van der Waals surface area contributed by atoms with Crippen LogP contribution in [0.4, 0.5) is 18.9 Å². The molecule has 1 saturated heterocycles. The number of halogens is 3. The van der Waals surface area contributed by atoms with Gasteiger partial charge in [0, 0.05) is 5.56 Å². The Labute approximate surface area is 161 Å². The molecule has 0 bridgehead atoms. The molecule has 1 amide bonds. The van der Waals surface area contributed by atoms with Crippen molar-refractivity contribution in [1.82, 2.24) is 0 Å². The average Bonchev–Trinajstić information content (AvgIpc) is 2.88. The number of thioether (sulfide) groups is 1. The molecule has 1 fully saturated rings. The van der Waals surface area contributed by atoms with Gasteiger partial charge in [0.25, 0.3) is 5.91 Å². The van der Waals surface area contributed by atoms with Crippen molar-refractivity contribution in [3.8, 4) is 0 Å². The topological polar surface area (TPSA) is 60.4 Å². The van der Waals surface area contributed by atoms with Crippen molar-refractivity contribution in [2.24, 2.45) is 0 Å². The Bertz CT molecular complexity index is 986. The van der Waals surface area contributed by atoms with Gasteiger partial charge in [-0.25, -0.2) is 0 Å². The van der Waals surface area contributed by atoms with Crippen LogP contribution in [0.2, 0.25) is 0 Å². The third kappa shape index (κ3) is 3.88. The smallest absolute Gasteiger partial charge is 0.416 e. The highest BCUT2D eigenvalue weighted by molar-refractivity contribution is 8.27. The summed E-state index contributed by atoms with van der Waals surface area (Å²) in [7, 11) is 0. The number of carboxylic acid groups (broad SMARTS) is 1. The van der Waals surface area contributed by atoms with Crippen LogP contribution in [0.1, 0.15) is 21.5 Å². The van der Waals surface area contributed by atoms with Gasteiger partial charge in [0.05, 0.1) is 22.1 Å². The third-order valence-corrected chi connectivity index (χ3v) is 4.99. The number of carbonyl (C=O) groups is 2. The van der Waals surface area contributed by atoms with E-state index in [1.54, 1.807) is 6.07 Å². The Morgan fingerprint density at radius 2 is 1.85 bits per heavy atom. The lowest BCUT2D eigenvalue weighted by atomic mass is 10.1. The van der Waals surface area contributed by atoms with Gasteiger partial charge >= 0.3 is 6.18 Å². The van der Waals surface area contributed by atoms with Gasteiger partial charge in [-0.3, -0.25) is 9.69 Å². The maximum absolute atomic E-state index is 12.9. The van der Waals surface area contributed by atoms with Gasteiger partial charge in [0.2, 0.25) is 0 Å². The van der Waals surface area contributed by atoms with Crippen molar-refractivity contribution in [3.63, 3.8) is 0 Å². The van der Waals surface area contributed by atoms with Crippen LogP contribution < -0.4 is 10.0 Å². The molecule has 0 aromatic heterocycles. The molecule has 0 aliphatic carbocycles. The monoisotopic (exact) mass is 408 g/mol.